The number of fused-ring (bicyclic) bond motifs is 1. The van der Waals surface area contributed by atoms with E-state index in [2.05, 4.69) is 79.9 Å². The number of thiocarbonyl (C=S) groups is 1. The topological polar surface area (TPSA) is 59.6 Å². The van der Waals surface area contributed by atoms with E-state index in [-0.39, 0.29) is 0 Å². The lowest BCUT2D eigenvalue weighted by Crippen LogP contribution is -2.30. The fourth-order valence-electron chi connectivity index (χ4n) is 5.37. The first-order valence-corrected chi connectivity index (χ1v) is 13.5. The Labute approximate surface area is 218 Å². The van der Waals surface area contributed by atoms with Crippen molar-refractivity contribution in [2.75, 3.05) is 46.2 Å². The van der Waals surface area contributed by atoms with Crippen molar-refractivity contribution in [2.45, 2.75) is 45.3 Å². The number of aromatic nitrogens is 2. The summed E-state index contributed by atoms with van der Waals surface area (Å²) in [6.07, 6.45) is 4.98. The maximum absolute atomic E-state index is 5.62. The average Bonchev–Trinajstić information content (AvgIpc) is 3.69. The molecule has 186 valence electrons. The van der Waals surface area contributed by atoms with Gasteiger partial charge in [0.05, 0.1) is 0 Å². The molecule has 0 saturated carbocycles. The van der Waals surface area contributed by atoms with E-state index >= 15 is 0 Å². The largest absolute Gasteiger partial charge is 0.372 e. The maximum Gasteiger partial charge on any atom is 0.232 e. The molecule has 6 rings (SSSR count). The second kappa shape index (κ2) is 10.3. The summed E-state index contributed by atoms with van der Waals surface area (Å²) in [6, 6.07) is 19.5. The van der Waals surface area contributed by atoms with Gasteiger partial charge in [0.25, 0.3) is 0 Å². The number of rotatable bonds is 6. The van der Waals surface area contributed by atoms with E-state index in [0.717, 1.165) is 50.9 Å². The first kappa shape index (κ1) is 23.0. The van der Waals surface area contributed by atoms with Crippen molar-refractivity contribution >= 4 is 40.6 Å². The SMILES string of the molecule is S=C(NCc1ccc(N2CCCC2)cc1)Nc1nc(N2CCCC2)cc(N2Cc3ccccc3C2)n1. The standard InChI is InChI=1S/C28H33N7S/c36-28(29-18-21-9-11-24(12-10-21)33-13-3-4-14-33)32-27-30-25(34-15-5-6-16-34)17-26(31-27)35-19-22-7-1-2-8-23(22)20-35/h1-2,7-12,17H,3-6,13-16,18-20H2,(H2,29,30,31,32,36). The Balaban J connectivity index is 1.13. The van der Waals surface area contributed by atoms with Crippen molar-refractivity contribution in [3.05, 3.63) is 71.3 Å². The molecule has 3 aliphatic rings. The normalized spacial score (nSPS) is 16.9. The summed E-state index contributed by atoms with van der Waals surface area (Å²) >= 11 is 5.62. The molecule has 2 N–H and O–H groups in total. The van der Waals surface area contributed by atoms with Gasteiger partial charge < -0.3 is 25.3 Å². The van der Waals surface area contributed by atoms with E-state index in [0.29, 0.717) is 17.6 Å². The van der Waals surface area contributed by atoms with Crippen LogP contribution in [-0.2, 0) is 19.6 Å². The van der Waals surface area contributed by atoms with E-state index in [9.17, 15) is 0 Å². The summed E-state index contributed by atoms with van der Waals surface area (Å²) in [5.74, 6) is 2.45. The molecule has 8 heteroatoms. The Morgan fingerprint density at radius 3 is 1.97 bits per heavy atom. The highest BCUT2D eigenvalue weighted by Gasteiger charge is 2.23. The quantitative estimate of drug-likeness (QED) is 0.474. The summed E-state index contributed by atoms with van der Waals surface area (Å²) in [5.41, 5.74) is 5.23. The number of anilines is 4. The molecule has 0 spiro atoms. The molecular formula is C28H33N7S. The van der Waals surface area contributed by atoms with Crippen molar-refractivity contribution in [3.8, 4) is 0 Å². The summed E-state index contributed by atoms with van der Waals surface area (Å²) < 4.78 is 0. The average molecular weight is 500 g/mol. The molecule has 0 radical (unpaired) electrons. The highest BCUT2D eigenvalue weighted by molar-refractivity contribution is 7.80. The number of nitrogens with zero attached hydrogens (tertiary/aromatic N) is 5. The smallest absolute Gasteiger partial charge is 0.232 e. The molecule has 2 saturated heterocycles. The van der Waals surface area contributed by atoms with Crippen LogP contribution in [0.5, 0.6) is 0 Å². The Morgan fingerprint density at radius 2 is 1.33 bits per heavy atom. The zero-order valence-electron chi connectivity index (χ0n) is 20.6. The number of hydrogen-bond donors (Lipinski definition) is 2. The van der Waals surface area contributed by atoms with E-state index < -0.39 is 0 Å². The summed E-state index contributed by atoms with van der Waals surface area (Å²) in [5, 5.41) is 7.12. The first-order valence-electron chi connectivity index (χ1n) is 13.1. The third-order valence-electron chi connectivity index (χ3n) is 7.38. The van der Waals surface area contributed by atoms with Gasteiger partial charge in [-0.3, -0.25) is 0 Å². The Hall–Kier alpha value is -3.39. The second-order valence-corrected chi connectivity index (χ2v) is 10.3. The van der Waals surface area contributed by atoms with Gasteiger partial charge in [-0.2, -0.15) is 9.97 Å². The minimum Gasteiger partial charge on any atom is -0.372 e. The van der Waals surface area contributed by atoms with Gasteiger partial charge in [0.2, 0.25) is 5.95 Å². The zero-order valence-corrected chi connectivity index (χ0v) is 21.4. The van der Waals surface area contributed by atoms with Crippen LogP contribution in [0.3, 0.4) is 0 Å². The molecule has 3 aliphatic heterocycles. The van der Waals surface area contributed by atoms with Gasteiger partial charge in [-0.05, 0) is 66.7 Å². The lowest BCUT2D eigenvalue weighted by atomic mass is 10.1. The molecule has 4 heterocycles. The van der Waals surface area contributed by atoms with Crippen LogP contribution >= 0.6 is 12.2 Å². The van der Waals surface area contributed by atoms with Crippen molar-refractivity contribution in [3.63, 3.8) is 0 Å². The van der Waals surface area contributed by atoms with Crippen LogP contribution in [0.1, 0.15) is 42.4 Å². The molecule has 0 amide bonds. The van der Waals surface area contributed by atoms with Gasteiger partial charge in [-0.15, -0.1) is 0 Å². The van der Waals surface area contributed by atoms with E-state index in [1.54, 1.807) is 0 Å². The van der Waals surface area contributed by atoms with E-state index in [1.807, 2.05) is 0 Å². The van der Waals surface area contributed by atoms with Gasteiger partial charge in [0, 0.05) is 57.6 Å². The van der Waals surface area contributed by atoms with E-state index in [1.165, 1.54) is 48.1 Å². The van der Waals surface area contributed by atoms with Crippen LogP contribution in [0.15, 0.2) is 54.6 Å². The monoisotopic (exact) mass is 499 g/mol. The fourth-order valence-corrected chi connectivity index (χ4v) is 5.53. The zero-order chi connectivity index (χ0) is 24.3. The molecule has 0 unspecified atom stereocenters. The molecule has 0 bridgehead atoms. The van der Waals surface area contributed by atoms with Gasteiger partial charge in [-0.1, -0.05) is 36.4 Å². The van der Waals surface area contributed by atoms with Crippen molar-refractivity contribution < 1.29 is 0 Å². The van der Waals surface area contributed by atoms with Crippen LogP contribution < -0.4 is 25.3 Å². The lowest BCUT2D eigenvalue weighted by Gasteiger charge is -2.22. The molecule has 36 heavy (non-hydrogen) atoms. The predicted octanol–water partition coefficient (Wildman–Crippen LogP) is 4.68. The summed E-state index contributed by atoms with van der Waals surface area (Å²) in [7, 11) is 0. The third-order valence-corrected chi connectivity index (χ3v) is 7.63. The highest BCUT2D eigenvalue weighted by Crippen LogP contribution is 2.30. The number of benzene rings is 2. The number of hydrogen-bond acceptors (Lipinski definition) is 6. The fraction of sp³-hybridized carbons (Fsp3) is 0.393. The molecule has 3 aromatic rings. The number of nitrogens with one attached hydrogen (secondary N) is 2. The van der Waals surface area contributed by atoms with Crippen LogP contribution in [0.2, 0.25) is 0 Å². The molecule has 0 atom stereocenters. The Kier molecular flexibility index (Phi) is 6.59. The van der Waals surface area contributed by atoms with Crippen LogP contribution in [0.4, 0.5) is 23.3 Å². The van der Waals surface area contributed by atoms with Crippen molar-refractivity contribution in [1.82, 2.24) is 15.3 Å². The second-order valence-electron chi connectivity index (χ2n) is 9.90. The van der Waals surface area contributed by atoms with Crippen LogP contribution in [0, 0.1) is 0 Å². The van der Waals surface area contributed by atoms with Gasteiger partial charge in [-0.25, -0.2) is 0 Å². The highest BCUT2D eigenvalue weighted by atomic mass is 32.1. The molecular weight excluding hydrogens is 466 g/mol. The minimum atomic E-state index is 0.535. The lowest BCUT2D eigenvalue weighted by molar-refractivity contribution is 0.845. The van der Waals surface area contributed by atoms with E-state index in [4.69, 9.17) is 22.2 Å². The summed E-state index contributed by atoms with van der Waals surface area (Å²) in [4.78, 5) is 16.8. The molecule has 1 aromatic heterocycles. The van der Waals surface area contributed by atoms with Gasteiger partial charge >= 0.3 is 0 Å². The predicted molar refractivity (Wildman–Crippen MR) is 151 cm³/mol. The maximum atomic E-state index is 5.62. The van der Waals surface area contributed by atoms with Crippen LogP contribution in [-0.4, -0.2) is 41.3 Å². The van der Waals surface area contributed by atoms with Gasteiger partial charge in [0.1, 0.15) is 11.6 Å². The molecule has 2 aromatic carbocycles. The van der Waals surface area contributed by atoms with Crippen LogP contribution in [0.25, 0.3) is 0 Å². The van der Waals surface area contributed by atoms with Crippen molar-refractivity contribution in [1.29, 1.82) is 0 Å². The Bertz CT molecular complexity index is 1190. The molecule has 0 aliphatic carbocycles. The van der Waals surface area contributed by atoms with Gasteiger partial charge in [0.15, 0.2) is 5.11 Å². The molecule has 2 fully saturated rings. The third kappa shape index (κ3) is 5.09. The minimum absolute atomic E-state index is 0.535. The van der Waals surface area contributed by atoms with Crippen molar-refractivity contribution in [2.24, 2.45) is 0 Å². The Morgan fingerprint density at radius 1 is 0.750 bits per heavy atom. The summed E-state index contributed by atoms with van der Waals surface area (Å²) in [6.45, 7) is 6.77. The first-order chi connectivity index (χ1) is 17.7. The molecule has 7 nitrogen and oxygen atoms in total.